The van der Waals surface area contributed by atoms with Crippen LogP contribution < -0.4 is 10.6 Å². The van der Waals surface area contributed by atoms with Gasteiger partial charge in [-0.2, -0.15) is 0 Å². The number of carboxylic acid groups (broad SMARTS) is 1. The largest absolute Gasteiger partial charge is 0.480 e. The van der Waals surface area contributed by atoms with E-state index in [-0.39, 0.29) is 13.0 Å². The molecule has 0 saturated heterocycles. The SMILES string of the molecule is COCCOCCNC(=O)N[C@@H](Cc1cnc[nH]1)C(=O)O. The van der Waals surface area contributed by atoms with Crippen molar-refractivity contribution in [2.24, 2.45) is 0 Å². The minimum absolute atomic E-state index is 0.132. The summed E-state index contributed by atoms with van der Waals surface area (Å²) >= 11 is 0. The molecule has 0 bridgehead atoms. The maximum Gasteiger partial charge on any atom is 0.326 e. The van der Waals surface area contributed by atoms with Gasteiger partial charge in [0.25, 0.3) is 0 Å². The topological polar surface area (TPSA) is 126 Å². The lowest BCUT2D eigenvalue weighted by molar-refractivity contribution is -0.139. The lowest BCUT2D eigenvalue weighted by atomic mass is 10.2. The van der Waals surface area contributed by atoms with Crippen molar-refractivity contribution in [3.8, 4) is 0 Å². The van der Waals surface area contributed by atoms with Crippen molar-refractivity contribution < 1.29 is 24.2 Å². The van der Waals surface area contributed by atoms with Gasteiger partial charge < -0.3 is 30.2 Å². The molecular formula is C12H20N4O5. The highest BCUT2D eigenvalue weighted by Gasteiger charge is 2.20. The maximum atomic E-state index is 11.6. The van der Waals surface area contributed by atoms with Gasteiger partial charge in [-0.25, -0.2) is 14.6 Å². The predicted molar refractivity (Wildman–Crippen MR) is 72.9 cm³/mol. The number of amides is 2. The number of urea groups is 1. The Hall–Kier alpha value is -2.13. The quantitative estimate of drug-likeness (QED) is 0.426. The van der Waals surface area contributed by atoms with Gasteiger partial charge in [-0.15, -0.1) is 0 Å². The number of aliphatic carboxylic acids is 1. The maximum absolute atomic E-state index is 11.6. The van der Waals surface area contributed by atoms with Gasteiger partial charge in [0.2, 0.25) is 0 Å². The summed E-state index contributed by atoms with van der Waals surface area (Å²) in [6, 6.07) is -1.59. The van der Waals surface area contributed by atoms with Gasteiger partial charge in [0, 0.05) is 32.0 Å². The summed E-state index contributed by atoms with van der Waals surface area (Å²) < 4.78 is 9.97. The molecule has 0 spiro atoms. The first-order valence-corrected chi connectivity index (χ1v) is 6.44. The summed E-state index contributed by atoms with van der Waals surface area (Å²) in [5, 5.41) is 14.0. The van der Waals surface area contributed by atoms with E-state index in [1.54, 1.807) is 7.11 Å². The van der Waals surface area contributed by atoms with Crippen LogP contribution in [0.2, 0.25) is 0 Å². The Balaban J connectivity index is 2.24. The zero-order valence-electron chi connectivity index (χ0n) is 11.8. The van der Waals surface area contributed by atoms with Crippen molar-refractivity contribution >= 4 is 12.0 Å². The van der Waals surface area contributed by atoms with Gasteiger partial charge in [-0.05, 0) is 0 Å². The van der Waals surface area contributed by atoms with Gasteiger partial charge in [-0.1, -0.05) is 0 Å². The lowest BCUT2D eigenvalue weighted by Gasteiger charge is -2.14. The van der Waals surface area contributed by atoms with E-state index in [1.807, 2.05) is 0 Å². The third-order valence-corrected chi connectivity index (χ3v) is 2.55. The van der Waals surface area contributed by atoms with Crippen LogP contribution >= 0.6 is 0 Å². The summed E-state index contributed by atoms with van der Waals surface area (Å²) in [6.45, 7) is 1.54. The zero-order valence-corrected chi connectivity index (χ0v) is 11.8. The molecule has 0 saturated carbocycles. The number of aromatic amines is 1. The van der Waals surface area contributed by atoms with E-state index >= 15 is 0 Å². The summed E-state index contributed by atoms with van der Waals surface area (Å²) in [5.41, 5.74) is 0.630. The van der Waals surface area contributed by atoms with Crippen LogP contribution in [0.25, 0.3) is 0 Å². The number of nitrogens with zero attached hydrogens (tertiary/aromatic N) is 1. The van der Waals surface area contributed by atoms with Crippen LogP contribution in [0.5, 0.6) is 0 Å². The second kappa shape index (κ2) is 9.72. The highest BCUT2D eigenvalue weighted by Crippen LogP contribution is 1.98. The van der Waals surface area contributed by atoms with Crippen LogP contribution in [0.1, 0.15) is 5.69 Å². The van der Waals surface area contributed by atoms with E-state index in [0.717, 1.165) is 0 Å². The van der Waals surface area contributed by atoms with E-state index in [4.69, 9.17) is 14.6 Å². The van der Waals surface area contributed by atoms with Crippen molar-refractivity contribution in [2.75, 3.05) is 33.5 Å². The Labute approximate surface area is 122 Å². The Bertz CT molecular complexity index is 423. The molecule has 0 radical (unpaired) electrons. The number of carboxylic acids is 1. The molecule has 0 unspecified atom stereocenters. The first kappa shape index (κ1) is 16.9. The second-order valence-electron chi connectivity index (χ2n) is 4.18. The molecule has 0 fully saturated rings. The minimum Gasteiger partial charge on any atom is -0.480 e. The van der Waals surface area contributed by atoms with Gasteiger partial charge in [0.05, 0.1) is 26.1 Å². The highest BCUT2D eigenvalue weighted by atomic mass is 16.5. The van der Waals surface area contributed by atoms with Gasteiger partial charge >= 0.3 is 12.0 Å². The first-order valence-electron chi connectivity index (χ1n) is 6.44. The normalized spacial score (nSPS) is 11.9. The van der Waals surface area contributed by atoms with Crippen LogP contribution in [-0.4, -0.2) is 66.6 Å². The fourth-order valence-electron chi connectivity index (χ4n) is 1.51. The number of H-pyrrole nitrogens is 1. The molecule has 0 aliphatic rings. The molecule has 118 valence electrons. The van der Waals surface area contributed by atoms with Crippen LogP contribution in [0.3, 0.4) is 0 Å². The average Bonchev–Trinajstić information content (AvgIpc) is 2.95. The fourth-order valence-corrected chi connectivity index (χ4v) is 1.51. The van der Waals surface area contributed by atoms with E-state index in [0.29, 0.717) is 25.5 Å². The lowest BCUT2D eigenvalue weighted by Crippen LogP contribution is -2.47. The summed E-state index contributed by atoms with van der Waals surface area (Å²) in [6.07, 6.45) is 3.10. The van der Waals surface area contributed by atoms with Crippen molar-refractivity contribution in [3.63, 3.8) is 0 Å². The second-order valence-corrected chi connectivity index (χ2v) is 4.18. The third-order valence-electron chi connectivity index (χ3n) is 2.55. The van der Waals surface area contributed by atoms with Gasteiger partial charge in [0.1, 0.15) is 6.04 Å². The Morgan fingerprint density at radius 2 is 2.24 bits per heavy atom. The smallest absolute Gasteiger partial charge is 0.326 e. The molecule has 1 heterocycles. The molecule has 1 atom stereocenters. The van der Waals surface area contributed by atoms with Crippen molar-refractivity contribution in [3.05, 3.63) is 18.2 Å². The predicted octanol–water partition coefficient (Wildman–Crippen LogP) is -0.632. The van der Waals surface area contributed by atoms with Crippen molar-refractivity contribution in [1.82, 2.24) is 20.6 Å². The number of hydrogen-bond acceptors (Lipinski definition) is 5. The standard InChI is InChI=1S/C12H20N4O5/c1-20-4-5-21-3-2-14-12(19)16-10(11(17)18)6-9-7-13-8-15-9/h7-8,10H,2-6H2,1H3,(H,13,15)(H,17,18)(H2,14,16,19)/t10-/m0/s1. The Morgan fingerprint density at radius 3 is 2.86 bits per heavy atom. The fraction of sp³-hybridized carbons (Fsp3) is 0.583. The number of aromatic nitrogens is 2. The van der Waals surface area contributed by atoms with Crippen LogP contribution in [0.15, 0.2) is 12.5 Å². The molecule has 0 aliphatic carbocycles. The molecule has 21 heavy (non-hydrogen) atoms. The van der Waals surface area contributed by atoms with E-state index in [9.17, 15) is 9.59 Å². The van der Waals surface area contributed by atoms with Crippen LogP contribution in [0.4, 0.5) is 4.79 Å². The minimum atomic E-state index is -1.11. The number of carbonyl (C=O) groups is 2. The van der Waals surface area contributed by atoms with Crippen molar-refractivity contribution in [1.29, 1.82) is 0 Å². The molecule has 0 aromatic carbocycles. The van der Waals surface area contributed by atoms with Crippen molar-refractivity contribution in [2.45, 2.75) is 12.5 Å². The number of carbonyl (C=O) groups excluding carboxylic acids is 1. The third kappa shape index (κ3) is 7.28. The van der Waals surface area contributed by atoms with Crippen LogP contribution in [-0.2, 0) is 20.7 Å². The number of imidazole rings is 1. The van der Waals surface area contributed by atoms with Gasteiger partial charge in [0.15, 0.2) is 0 Å². The zero-order chi connectivity index (χ0) is 15.5. The molecule has 2 amide bonds. The molecule has 1 aromatic rings. The number of nitrogens with one attached hydrogen (secondary N) is 3. The van der Waals surface area contributed by atoms with E-state index < -0.39 is 18.0 Å². The highest BCUT2D eigenvalue weighted by molar-refractivity contribution is 5.82. The number of hydrogen-bond donors (Lipinski definition) is 4. The number of ether oxygens (including phenoxy) is 2. The molecular weight excluding hydrogens is 280 g/mol. The average molecular weight is 300 g/mol. The Kier molecular flexibility index (Phi) is 7.84. The molecule has 0 aliphatic heterocycles. The summed E-state index contributed by atoms with van der Waals surface area (Å²) in [7, 11) is 1.57. The molecule has 9 nitrogen and oxygen atoms in total. The molecule has 1 rings (SSSR count). The summed E-state index contributed by atoms with van der Waals surface area (Å²) in [4.78, 5) is 29.3. The molecule has 1 aromatic heterocycles. The molecule has 9 heteroatoms. The van der Waals surface area contributed by atoms with Crippen LogP contribution in [0, 0.1) is 0 Å². The monoisotopic (exact) mass is 300 g/mol. The summed E-state index contributed by atoms with van der Waals surface area (Å²) in [5.74, 6) is -1.11. The molecule has 4 N–H and O–H groups in total. The van der Waals surface area contributed by atoms with E-state index in [1.165, 1.54) is 12.5 Å². The van der Waals surface area contributed by atoms with E-state index in [2.05, 4.69) is 20.6 Å². The number of methoxy groups -OCH3 is 1. The first-order chi connectivity index (χ1) is 10.1. The Morgan fingerprint density at radius 1 is 1.43 bits per heavy atom. The van der Waals surface area contributed by atoms with Gasteiger partial charge in [-0.3, -0.25) is 0 Å². The number of rotatable bonds is 10.